The second kappa shape index (κ2) is 4.12. The number of hydrogen-bond acceptors (Lipinski definition) is 6. The fourth-order valence-electron chi connectivity index (χ4n) is 1.18. The lowest BCUT2D eigenvalue weighted by Crippen LogP contribution is -2.11. The largest absolute Gasteiger partial charge is 0.504 e. The number of carbonyl (C=O) groups is 1. The first kappa shape index (κ1) is 10.9. The predicted octanol–water partition coefficient (Wildman–Crippen LogP) is 1.04. The number of benzene rings is 1. The van der Waals surface area contributed by atoms with Crippen LogP contribution in [0.15, 0.2) is 22.6 Å². The lowest BCUT2D eigenvalue weighted by Gasteiger charge is -2.02. The van der Waals surface area contributed by atoms with Gasteiger partial charge in [0.2, 0.25) is 5.89 Å². The molecule has 2 rings (SSSR count). The lowest BCUT2D eigenvalue weighted by molar-refractivity contribution is 0.102. The first-order valence-corrected chi connectivity index (χ1v) is 4.69. The number of phenolic OH excluding ortho intramolecular Hbond substituents is 2. The van der Waals surface area contributed by atoms with Crippen LogP contribution in [0.2, 0.25) is 0 Å². The van der Waals surface area contributed by atoms with E-state index in [0.717, 1.165) is 6.07 Å². The highest BCUT2D eigenvalue weighted by molar-refractivity contribution is 6.03. The molecule has 0 aliphatic carbocycles. The van der Waals surface area contributed by atoms with Crippen LogP contribution in [0.4, 0.5) is 6.01 Å². The van der Waals surface area contributed by atoms with Gasteiger partial charge in [-0.1, -0.05) is 5.10 Å². The van der Waals surface area contributed by atoms with Crippen LogP contribution in [0.5, 0.6) is 11.5 Å². The highest BCUT2D eigenvalue weighted by atomic mass is 16.4. The quantitative estimate of drug-likeness (QED) is 0.671. The summed E-state index contributed by atoms with van der Waals surface area (Å²) in [6, 6.07) is 3.67. The maximum absolute atomic E-state index is 11.7. The second-order valence-corrected chi connectivity index (χ2v) is 3.28. The number of phenols is 2. The van der Waals surface area contributed by atoms with Crippen molar-refractivity contribution in [3.8, 4) is 11.5 Å². The molecule has 0 aliphatic rings. The Bertz CT molecular complexity index is 564. The highest BCUT2D eigenvalue weighted by Gasteiger charge is 2.12. The van der Waals surface area contributed by atoms with Crippen LogP contribution in [0.25, 0.3) is 0 Å². The van der Waals surface area contributed by atoms with E-state index in [2.05, 4.69) is 15.5 Å². The van der Waals surface area contributed by atoms with E-state index in [4.69, 9.17) is 9.52 Å². The Morgan fingerprint density at radius 3 is 2.65 bits per heavy atom. The molecule has 0 fully saturated rings. The van der Waals surface area contributed by atoms with E-state index in [1.165, 1.54) is 12.1 Å². The van der Waals surface area contributed by atoms with Crippen molar-refractivity contribution in [2.24, 2.45) is 0 Å². The summed E-state index contributed by atoms with van der Waals surface area (Å²) in [5.74, 6) is -0.868. The van der Waals surface area contributed by atoms with Crippen molar-refractivity contribution in [3.05, 3.63) is 29.7 Å². The van der Waals surface area contributed by atoms with Crippen LogP contribution in [0.1, 0.15) is 16.2 Å². The third-order valence-corrected chi connectivity index (χ3v) is 1.98. The molecule has 1 heterocycles. The predicted molar refractivity (Wildman–Crippen MR) is 56.8 cm³/mol. The van der Waals surface area contributed by atoms with Crippen molar-refractivity contribution in [1.29, 1.82) is 0 Å². The average Bonchev–Trinajstić information content (AvgIpc) is 2.68. The van der Waals surface area contributed by atoms with E-state index in [1.54, 1.807) is 6.92 Å². The zero-order valence-corrected chi connectivity index (χ0v) is 8.84. The zero-order chi connectivity index (χ0) is 12.4. The van der Waals surface area contributed by atoms with E-state index in [0.29, 0.717) is 5.89 Å². The molecular formula is C10H9N3O4. The normalized spacial score (nSPS) is 10.2. The van der Waals surface area contributed by atoms with Crippen LogP contribution in [-0.4, -0.2) is 26.3 Å². The van der Waals surface area contributed by atoms with Crippen LogP contribution < -0.4 is 5.32 Å². The van der Waals surface area contributed by atoms with Gasteiger partial charge in [-0.15, -0.1) is 5.10 Å². The molecule has 1 aromatic heterocycles. The molecule has 0 spiro atoms. The van der Waals surface area contributed by atoms with E-state index in [9.17, 15) is 9.90 Å². The van der Waals surface area contributed by atoms with Crippen LogP contribution in [0.3, 0.4) is 0 Å². The fourth-order valence-corrected chi connectivity index (χ4v) is 1.18. The molecule has 17 heavy (non-hydrogen) atoms. The van der Waals surface area contributed by atoms with Crippen LogP contribution in [0, 0.1) is 6.92 Å². The first-order chi connectivity index (χ1) is 8.06. The van der Waals surface area contributed by atoms with Crippen molar-refractivity contribution in [1.82, 2.24) is 10.2 Å². The minimum absolute atomic E-state index is 0.0277. The molecule has 1 aromatic carbocycles. The maximum Gasteiger partial charge on any atom is 0.322 e. The Kier molecular flexibility index (Phi) is 2.65. The van der Waals surface area contributed by atoms with Crippen molar-refractivity contribution in [2.45, 2.75) is 6.92 Å². The van der Waals surface area contributed by atoms with Gasteiger partial charge in [-0.25, -0.2) is 0 Å². The number of amides is 1. The van der Waals surface area contributed by atoms with Gasteiger partial charge in [-0.2, -0.15) is 0 Å². The minimum Gasteiger partial charge on any atom is -0.504 e. The van der Waals surface area contributed by atoms with E-state index < -0.39 is 5.91 Å². The molecule has 0 radical (unpaired) electrons. The molecule has 0 saturated heterocycles. The monoisotopic (exact) mass is 235 g/mol. The van der Waals surface area contributed by atoms with Crippen LogP contribution >= 0.6 is 0 Å². The van der Waals surface area contributed by atoms with Crippen molar-refractivity contribution in [3.63, 3.8) is 0 Å². The highest BCUT2D eigenvalue weighted by Crippen LogP contribution is 2.25. The number of aromatic hydroxyl groups is 2. The molecule has 0 bridgehead atoms. The lowest BCUT2D eigenvalue weighted by atomic mass is 10.2. The summed E-state index contributed by atoms with van der Waals surface area (Å²) in [6.07, 6.45) is 0. The topological polar surface area (TPSA) is 108 Å². The van der Waals surface area contributed by atoms with Gasteiger partial charge in [0.1, 0.15) is 0 Å². The molecule has 7 heteroatoms. The summed E-state index contributed by atoms with van der Waals surface area (Å²) in [5, 5.41) is 27.8. The Morgan fingerprint density at radius 1 is 1.29 bits per heavy atom. The van der Waals surface area contributed by atoms with E-state index in [1.807, 2.05) is 0 Å². The number of rotatable bonds is 2. The van der Waals surface area contributed by atoms with Gasteiger partial charge in [-0.3, -0.25) is 10.1 Å². The molecule has 1 amide bonds. The molecule has 3 N–H and O–H groups in total. The Labute approximate surface area is 95.7 Å². The number of anilines is 1. The summed E-state index contributed by atoms with van der Waals surface area (Å²) in [4.78, 5) is 11.7. The standard InChI is InChI=1S/C10H9N3O4/c1-5-12-13-10(17-5)11-9(16)6-2-3-7(14)8(15)4-6/h2-4,14-15H,1H3,(H,11,13,16). The van der Waals surface area contributed by atoms with Crippen molar-refractivity contribution in [2.75, 3.05) is 5.32 Å². The zero-order valence-electron chi connectivity index (χ0n) is 8.84. The SMILES string of the molecule is Cc1nnc(NC(=O)c2ccc(O)c(O)c2)o1. The third-order valence-electron chi connectivity index (χ3n) is 1.98. The van der Waals surface area contributed by atoms with Gasteiger partial charge >= 0.3 is 6.01 Å². The third kappa shape index (κ3) is 2.33. The van der Waals surface area contributed by atoms with E-state index in [-0.39, 0.29) is 23.1 Å². The number of nitrogens with zero attached hydrogens (tertiary/aromatic N) is 2. The summed E-state index contributed by atoms with van der Waals surface area (Å²) < 4.78 is 4.96. The maximum atomic E-state index is 11.7. The smallest absolute Gasteiger partial charge is 0.322 e. The number of aryl methyl sites for hydroxylation is 1. The molecule has 2 aromatic rings. The van der Waals surface area contributed by atoms with Gasteiger partial charge in [0.15, 0.2) is 11.5 Å². The second-order valence-electron chi connectivity index (χ2n) is 3.28. The molecule has 0 aliphatic heterocycles. The molecule has 0 unspecified atom stereocenters. The molecule has 0 saturated carbocycles. The molecular weight excluding hydrogens is 226 g/mol. The average molecular weight is 235 g/mol. The molecule has 7 nitrogen and oxygen atoms in total. The van der Waals surface area contributed by atoms with Crippen LogP contribution in [-0.2, 0) is 0 Å². The summed E-state index contributed by atoms with van der Waals surface area (Å²) in [5.41, 5.74) is 0.163. The van der Waals surface area contributed by atoms with Gasteiger partial charge in [-0.05, 0) is 18.2 Å². The number of aromatic nitrogens is 2. The number of hydrogen-bond donors (Lipinski definition) is 3. The molecule has 0 atom stereocenters. The Morgan fingerprint density at radius 2 is 2.06 bits per heavy atom. The number of carbonyl (C=O) groups excluding carboxylic acids is 1. The van der Waals surface area contributed by atoms with E-state index >= 15 is 0 Å². The van der Waals surface area contributed by atoms with Gasteiger partial charge in [0, 0.05) is 12.5 Å². The fraction of sp³-hybridized carbons (Fsp3) is 0.100. The summed E-state index contributed by atoms with van der Waals surface area (Å²) >= 11 is 0. The van der Waals surface area contributed by atoms with Gasteiger partial charge in [0.05, 0.1) is 0 Å². The van der Waals surface area contributed by atoms with Crippen molar-refractivity contribution >= 4 is 11.9 Å². The Balaban J connectivity index is 2.17. The van der Waals surface area contributed by atoms with Crippen molar-refractivity contribution < 1.29 is 19.4 Å². The molecule has 88 valence electrons. The summed E-state index contributed by atoms with van der Waals surface area (Å²) in [7, 11) is 0. The van der Waals surface area contributed by atoms with Gasteiger partial charge in [0.25, 0.3) is 5.91 Å². The first-order valence-electron chi connectivity index (χ1n) is 4.69. The summed E-state index contributed by atoms with van der Waals surface area (Å²) in [6.45, 7) is 1.59. The van der Waals surface area contributed by atoms with Gasteiger partial charge < -0.3 is 14.6 Å². The Hall–Kier alpha value is -2.57. The minimum atomic E-state index is -0.524. The number of nitrogens with one attached hydrogen (secondary N) is 1.